The molecular formula is C12H20F3N3O3S. The summed E-state index contributed by atoms with van der Waals surface area (Å²) in [5, 5.41) is 0. The first-order valence-electron chi connectivity index (χ1n) is 7.12. The van der Waals surface area contributed by atoms with Crippen LogP contribution in [0.5, 0.6) is 0 Å². The number of nitrogens with zero attached hydrogens (tertiary/aromatic N) is 3. The summed E-state index contributed by atoms with van der Waals surface area (Å²) in [6, 6.07) is -0.571. The summed E-state index contributed by atoms with van der Waals surface area (Å²) in [6.45, 7) is 0.167. The number of amides is 1. The van der Waals surface area contributed by atoms with E-state index in [0.29, 0.717) is 25.9 Å². The number of halogens is 3. The van der Waals surface area contributed by atoms with Crippen molar-refractivity contribution in [2.45, 2.75) is 25.1 Å². The minimum absolute atomic E-state index is 0.123. The lowest BCUT2D eigenvalue weighted by Crippen LogP contribution is -2.59. The molecule has 0 unspecified atom stereocenters. The molecule has 10 heteroatoms. The van der Waals surface area contributed by atoms with Crippen LogP contribution in [0.15, 0.2) is 0 Å². The van der Waals surface area contributed by atoms with E-state index in [1.165, 1.54) is 4.31 Å². The molecule has 1 atom stereocenters. The van der Waals surface area contributed by atoms with Crippen molar-refractivity contribution >= 4 is 15.9 Å². The zero-order valence-electron chi connectivity index (χ0n) is 12.3. The zero-order chi connectivity index (χ0) is 16.5. The van der Waals surface area contributed by atoms with E-state index in [-0.39, 0.29) is 19.6 Å². The zero-order valence-corrected chi connectivity index (χ0v) is 13.2. The minimum Gasteiger partial charge on any atom is -0.332 e. The summed E-state index contributed by atoms with van der Waals surface area (Å²) < 4.78 is 61.7. The lowest BCUT2D eigenvalue weighted by Gasteiger charge is -2.42. The highest BCUT2D eigenvalue weighted by molar-refractivity contribution is 7.88. The normalized spacial score (nSPS) is 26.5. The molecule has 0 N–H and O–H groups in total. The Bertz CT molecular complexity index is 515. The van der Waals surface area contributed by atoms with Gasteiger partial charge < -0.3 is 4.90 Å². The van der Waals surface area contributed by atoms with Crippen molar-refractivity contribution in [3.05, 3.63) is 0 Å². The molecule has 128 valence electrons. The van der Waals surface area contributed by atoms with Gasteiger partial charge >= 0.3 is 6.18 Å². The van der Waals surface area contributed by atoms with E-state index in [2.05, 4.69) is 0 Å². The first kappa shape index (κ1) is 17.5. The smallest absolute Gasteiger partial charge is 0.332 e. The van der Waals surface area contributed by atoms with Crippen molar-refractivity contribution < 1.29 is 26.4 Å². The molecule has 2 aliphatic rings. The van der Waals surface area contributed by atoms with Gasteiger partial charge in [0.15, 0.2) is 0 Å². The Hall–Kier alpha value is -0.870. The van der Waals surface area contributed by atoms with Crippen LogP contribution < -0.4 is 0 Å². The fourth-order valence-electron chi connectivity index (χ4n) is 2.98. The van der Waals surface area contributed by atoms with Crippen molar-refractivity contribution in [1.29, 1.82) is 0 Å². The van der Waals surface area contributed by atoms with Gasteiger partial charge in [-0.2, -0.15) is 17.5 Å². The van der Waals surface area contributed by atoms with Gasteiger partial charge in [-0.3, -0.25) is 9.69 Å². The van der Waals surface area contributed by atoms with Crippen LogP contribution in [-0.4, -0.2) is 86.2 Å². The molecule has 0 aromatic carbocycles. The van der Waals surface area contributed by atoms with E-state index in [4.69, 9.17) is 0 Å². The number of carbonyl (C=O) groups excluding carboxylic acids is 1. The summed E-state index contributed by atoms with van der Waals surface area (Å²) in [5.74, 6) is -0.503. The molecule has 0 aliphatic carbocycles. The maximum absolute atomic E-state index is 12.5. The van der Waals surface area contributed by atoms with Gasteiger partial charge in [0.25, 0.3) is 0 Å². The molecule has 1 amide bonds. The van der Waals surface area contributed by atoms with E-state index in [1.807, 2.05) is 0 Å². The number of hydrogen-bond donors (Lipinski definition) is 0. The molecule has 0 radical (unpaired) electrons. The molecular weight excluding hydrogens is 323 g/mol. The Morgan fingerprint density at radius 3 is 2.23 bits per heavy atom. The Labute approximate surface area is 127 Å². The molecule has 2 heterocycles. The monoisotopic (exact) mass is 343 g/mol. The van der Waals surface area contributed by atoms with Gasteiger partial charge in [0.05, 0.1) is 12.3 Å². The molecule has 0 bridgehead atoms. The Morgan fingerprint density at radius 1 is 1.14 bits per heavy atom. The van der Waals surface area contributed by atoms with Crippen molar-refractivity contribution in [3.8, 4) is 0 Å². The van der Waals surface area contributed by atoms with Gasteiger partial charge in [-0.15, -0.1) is 0 Å². The van der Waals surface area contributed by atoms with Crippen LogP contribution in [0.3, 0.4) is 0 Å². The fraction of sp³-hybridized carbons (Fsp3) is 0.917. The largest absolute Gasteiger partial charge is 0.406 e. The molecule has 6 nitrogen and oxygen atoms in total. The number of rotatable bonds is 3. The Morgan fingerprint density at radius 2 is 1.73 bits per heavy atom. The van der Waals surface area contributed by atoms with Gasteiger partial charge in [0, 0.05) is 32.7 Å². The molecule has 0 saturated carbocycles. The van der Waals surface area contributed by atoms with Crippen LogP contribution in [0.2, 0.25) is 0 Å². The number of likely N-dealkylation sites (tertiary alicyclic amines) is 1. The summed E-state index contributed by atoms with van der Waals surface area (Å²) in [4.78, 5) is 14.9. The maximum atomic E-state index is 12.5. The molecule has 22 heavy (non-hydrogen) atoms. The molecule has 2 fully saturated rings. The Balaban J connectivity index is 1.97. The van der Waals surface area contributed by atoms with Gasteiger partial charge in [-0.25, -0.2) is 8.42 Å². The summed E-state index contributed by atoms with van der Waals surface area (Å²) >= 11 is 0. The average Bonchev–Trinajstić information content (AvgIpc) is 2.39. The predicted octanol–water partition coefficient (Wildman–Crippen LogP) is 0.117. The first-order valence-corrected chi connectivity index (χ1v) is 8.97. The standard InChI is InChI=1S/C12H20F3N3O3S/c1-22(20,21)18-7-5-16(6-8-18)10-3-2-4-17(11(10)19)9-12(13,14)15/h10H,2-9H2,1H3/t10-/m0/s1. The third kappa shape index (κ3) is 4.32. The summed E-state index contributed by atoms with van der Waals surface area (Å²) in [7, 11) is -3.27. The second-order valence-electron chi connectivity index (χ2n) is 5.73. The molecule has 0 aromatic rings. The van der Waals surface area contributed by atoms with Crippen molar-refractivity contribution in [2.75, 3.05) is 45.5 Å². The number of piperazine rings is 1. The van der Waals surface area contributed by atoms with Crippen LogP contribution >= 0.6 is 0 Å². The van der Waals surface area contributed by atoms with Gasteiger partial charge in [-0.05, 0) is 12.8 Å². The number of piperidine rings is 1. The average molecular weight is 343 g/mol. The molecule has 0 aromatic heterocycles. The van der Waals surface area contributed by atoms with Crippen LogP contribution in [0.25, 0.3) is 0 Å². The van der Waals surface area contributed by atoms with Crippen molar-refractivity contribution in [1.82, 2.24) is 14.1 Å². The first-order chi connectivity index (χ1) is 10.1. The number of carbonyl (C=O) groups is 1. The third-order valence-electron chi connectivity index (χ3n) is 4.06. The summed E-state index contributed by atoms with van der Waals surface area (Å²) in [6.07, 6.45) is -2.23. The highest BCUT2D eigenvalue weighted by Crippen LogP contribution is 2.23. The minimum atomic E-state index is -4.40. The molecule has 2 saturated heterocycles. The molecule has 2 rings (SSSR count). The van der Waals surface area contributed by atoms with Gasteiger partial charge in [-0.1, -0.05) is 0 Å². The van der Waals surface area contributed by atoms with Crippen LogP contribution in [0, 0.1) is 0 Å². The predicted molar refractivity (Wildman–Crippen MR) is 73.6 cm³/mol. The van der Waals surface area contributed by atoms with E-state index in [9.17, 15) is 26.4 Å². The van der Waals surface area contributed by atoms with E-state index < -0.39 is 34.7 Å². The maximum Gasteiger partial charge on any atom is 0.406 e. The summed E-state index contributed by atoms with van der Waals surface area (Å²) in [5.41, 5.74) is 0. The lowest BCUT2D eigenvalue weighted by molar-refractivity contribution is -0.168. The van der Waals surface area contributed by atoms with Gasteiger partial charge in [0.2, 0.25) is 15.9 Å². The van der Waals surface area contributed by atoms with Crippen LogP contribution in [0.4, 0.5) is 13.2 Å². The van der Waals surface area contributed by atoms with Crippen molar-refractivity contribution in [2.24, 2.45) is 0 Å². The Kier molecular flexibility index (Phi) is 5.03. The topological polar surface area (TPSA) is 60.9 Å². The van der Waals surface area contributed by atoms with E-state index in [0.717, 1.165) is 11.2 Å². The van der Waals surface area contributed by atoms with Crippen molar-refractivity contribution in [3.63, 3.8) is 0 Å². The molecule has 0 spiro atoms. The lowest BCUT2D eigenvalue weighted by atomic mass is 10.0. The fourth-order valence-corrected chi connectivity index (χ4v) is 3.81. The molecule has 2 aliphatic heterocycles. The van der Waals surface area contributed by atoms with E-state index in [1.54, 1.807) is 4.90 Å². The van der Waals surface area contributed by atoms with Crippen LogP contribution in [0.1, 0.15) is 12.8 Å². The van der Waals surface area contributed by atoms with Gasteiger partial charge in [0.1, 0.15) is 6.54 Å². The van der Waals surface area contributed by atoms with Crippen LogP contribution in [-0.2, 0) is 14.8 Å². The highest BCUT2D eigenvalue weighted by Gasteiger charge is 2.40. The number of alkyl halides is 3. The quantitative estimate of drug-likeness (QED) is 0.730. The second-order valence-corrected chi connectivity index (χ2v) is 7.71. The number of sulfonamides is 1. The highest BCUT2D eigenvalue weighted by atomic mass is 32.2. The number of hydrogen-bond acceptors (Lipinski definition) is 4. The SMILES string of the molecule is CS(=O)(=O)N1CCN([C@H]2CCCN(CC(F)(F)F)C2=O)CC1. The third-order valence-corrected chi connectivity index (χ3v) is 5.36. The second kappa shape index (κ2) is 6.32. The van der Waals surface area contributed by atoms with E-state index >= 15 is 0 Å².